The number of amides is 3. The fraction of sp³-hybridized carbons (Fsp3) is 0.522. The van der Waals surface area contributed by atoms with Gasteiger partial charge in [-0.1, -0.05) is 19.9 Å². The highest BCUT2D eigenvalue weighted by Gasteiger charge is 2.37. The van der Waals surface area contributed by atoms with E-state index in [0.29, 0.717) is 32.6 Å². The third-order valence-electron chi connectivity index (χ3n) is 6.25. The molecule has 2 aliphatic rings. The highest BCUT2D eigenvalue weighted by atomic mass is 16.3. The number of urea groups is 1. The van der Waals surface area contributed by atoms with Crippen molar-refractivity contribution in [3.63, 3.8) is 0 Å². The van der Waals surface area contributed by atoms with Crippen LogP contribution in [0, 0.1) is 11.8 Å². The molecule has 0 saturated carbocycles. The van der Waals surface area contributed by atoms with E-state index in [9.17, 15) is 14.4 Å². The van der Waals surface area contributed by atoms with Crippen molar-refractivity contribution in [3.05, 3.63) is 58.4 Å². The Kier molecular flexibility index (Phi) is 6.15. The monoisotopic (exact) mass is 426 g/mol. The number of furan rings is 1. The Morgan fingerprint density at radius 3 is 2.74 bits per heavy atom. The second-order valence-electron chi connectivity index (χ2n) is 8.89. The van der Waals surface area contributed by atoms with Gasteiger partial charge in [-0.15, -0.1) is 0 Å². The minimum atomic E-state index is -0.610. The van der Waals surface area contributed by atoms with Gasteiger partial charge in [0.25, 0.3) is 5.56 Å². The molecule has 8 nitrogen and oxygen atoms in total. The van der Waals surface area contributed by atoms with Gasteiger partial charge in [-0.05, 0) is 36.5 Å². The highest BCUT2D eigenvalue weighted by molar-refractivity contribution is 5.87. The van der Waals surface area contributed by atoms with Crippen LogP contribution in [0.2, 0.25) is 0 Å². The molecule has 3 atom stereocenters. The van der Waals surface area contributed by atoms with Crippen molar-refractivity contribution in [3.8, 4) is 0 Å². The molecule has 2 aromatic heterocycles. The van der Waals surface area contributed by atoms with Crippen molar-refractivity contribution in [1.29, 1.82) is 0 Å². The SMILES string of the molecule is CC(C)[C@H](NC(=O)N1CC2CC(C1)c1cccc(=O)n1C2)C(=O)NCCc1ccco1. The number of likely N-dealkylation sites (tertiary alicyclic amines) is 1. The number of nitrogens with one attached hydrogen (secondary N) is 2. The van der Waals surface area contributed by atoms with E-state index in [-0.39, 0.29) is 35.3 Å². The van der Waals surface area contributed by atoms with Crippen LogP contribution in [-0.2, 0) is 17.8 Å². The van der Waals surface area contributed by atoms with Crippen molar-refractivity contribution < 1.29 is 14.0 Å². The highest BCUT2D eigenvalue weighted by Crippen LogP contribution is 2.34. The van der Waals surface area contributed by atoms with Crippen molar-refractivity contribution in [2.75, 3.05) is 19.6 Å². The van der Waals surface area contributed by atoms with Crippen LogP contribution >= 0.6 is 0 Å². The maximum absolute atomic E-state index is 13.0. The summed E-state index contributed by atoms with van der Waals surface area (Å²) < 4.78 is 7.13. The number of rotatable bonds is 6. The average molecular weight is 427 g/mol. The number of pyridine rings is 1. The second kappa shape index (κ2) is 8.99. The quantitative estimate of drug-likeness (QED) is 0.738. The summed E-state index contributed by atoms with van der Waals surface area (Å²) in [7, 11) is 0. The van der Waals surface area contributed by atoms with Gasteiger partial charge in [-0.25, -0.2) is 4.79 Å². The van der Waals surface area contributed by atoms with Gasteiger partial charge >= 0.3 is 6.03 Å². The van der Waals surface area contributed by atoms with E-state index in [0.717, 1.165) is 17.9 Å². The molecular formula is C23H30N4O4. The molecule has 2 aliphatic heterocycles. The van der Waals surface area contributed by atoms with E-state index in [1.165, 1.54) is 0 Å². The van der Waals surface area contributed by atoms with Crippen LogP contribution in [0.4, 0.5) is 4.79 Å². The number of nitrogens with zero attached hydrogens (tertiary/aromatic N) is 2. The molecule has 0 aliphatic carbocycles. The molecule has 2 aromatic rings. The topological polar surface area (TPSA) is 96.6 Å². The van der Waals surface area contributed by atoms with Crippen molar-refractivity contribution >= 4 is 11.9 Å². The third kappa shape index (κ3) is 4.68. The van der Waals surface area contributed by atoms with Crippen LogP contribution in [0.1, 0.15) is 37.6 Å². The Morgan fingerprint density at radius 2 is 2.00 bits per heavy atom. The molecular weight excluding hydrogens is 396 g/mol. The number of fused-ring (bicyclic) bond motifs is 4. The van der Waals surface area contributed by atoms with Gasteiger partial charge in [-0.2, -0.15) is 0 Å². The summed E-state index contributed by atoms with van der Waals surface area (Å²) >= 11 is 0. The molecule has 4 heterocycles. The van der Waals surface area contributed by atoms with Crippen molar-refractivity contribution in [1.82, 2.24) is 20.1 Å². The normalized spacial score (nSPS) is 20.8. The summed E-state index contributed by atoms with van der Waals surface area (Å²) in [5.74, 6) is 0.966. The summed E-state index contributed by atoms with van der Waals surface area (Å²) in [5, 5.41) is 5.84. The Hall–Kier alpha value is -3.03. The first-order valence-corrected chi connectivity index (χ1v) is 11.0. The first-order valence-electron chi connectivity index (χ1n) is 11.0. The van der Waals surface area contributed by atoms with Crippen molar-refractivity contribution in [2.24, 2.45) is 11.8 Å². The van der Waals surface area contributed by atoms with Crippen LogP contribution in [-0.4, -0.2) is 47.1 Å². The van der Waals surface area contributed by atoms with E-state index in [1.54, 1.807) is 23.3 Å². The standard InChI is InChI=1S/C23H30N4O4/c1-15(2)21(22(29)24-9-8-18-5-4-10-31-18)25-23(30)26-12-16-11-17(14-26)19-6-3-7-20(28)27(19)13-16/h3-7,10,15-17,21H,8-9,11-14H2,1-2H3,(H,24,29)(H,25,30)/t16?,17?,21-/m0/s1. The number of aromatic nitrogens is 1. The second-order valence-corrected chi connectivity index (χ2v) is 8.89. The van der Waals surface area contributed by atoms with Gasteiger partial charge in [0.1, 0.15) is 11.8 Å². The smallest absolute Gasteiger partial charge is 0.318 e. The maximum atomic E-state index is 13.0. The van der Waals surface area contributed by atoms with Crippen LogP contribution < -0.4 is 16.2 Å². The van der Waals surface area contributed by atoms with E-state index in [2.05, 4.69) is 10.6 Å². The lowest BCUT2D eigenvalue weighted by Crippen LogP contribution is -2.57. The van der Waals surface area contributed by atoms with Gasteiger partial charge in [0.15, 0.2) is 0 Å². The number of carbonyl (C=O) groups is 2. The molecule has 4 rings (SSSR count). The summed E-state index contributed by atoms with van der Waals surface area (Å²) in [6.45, 7) is 6.07. The predicted octanol–water partition coefficient (Wildman–Crippen LogP) is 1.95. The van der Waals surface area contributed by atoms with E-state index < -0.39 is 6.04 Å². The first-order chi connectivity index (χ1) is 14.9. The van der Waals surface area contributed by atoms with Crippen LogP contribution in [0.5, 0.6) is 0 Å². The zero-order valence-electron chi connectivity index (χ0n) is 18.0. The minimum Gasteiger partial charge on any atom is -0.469 e. The van der Waals surface area contributed by atoms with Gasteiger partial charge in [0.05, 0.1) is 6.26 Å². The lowest BCUT2D eigenvalue weighted by Gasteiger charge is -2.43. The largest absolute Gasteiger partial charge is 0.469 e. The van der Waals surface area contributed by atoms with E-state index in [4.69, 9.17) is 4.42 Å². The Balaban J connectivity index is 1.37. The number of carbonyl (C=O) groups excluding carboxylic acids is 2. The summed E-state index contributed by atoms with van der Waals surface area (Å²) in [5.41, 5.74) is 1.02. The Labute approximate surface area is 181 Å². The van der Waals surface area contributed by atoms with Gasteiger partial charge in [0.2, 0.25) is 5.91 Å². The first kappa shape index (κ1) is 21.2. The zero-order valence-corrected chi connectivity index (χ0v) is 18.0. The Morgan fingerprint density at radius 1 is 1.16 bits per heavy atom. The third-order valence-corrected chi connectivity index (χ3v) is 6.25. The Bertz CT molecular complexity index is 982. The fourth-order valence-corrected chi connectivity index (χ4v) is 4.70. The lowest BCUT2D eigenvalue weighted by molar-refractivity contribution is -0.123. The van der Waals surface area contributed by atoms with E-state index >= 15 is 0 Å². The van der Waals surface area contributed by atoms with Gasteiger partial charge < -0.3 is 24.5 Å². The maximum Gasteiger partial charge on any atom is 0.318 e. The van der Waals surface area contributed by atoms with Crippen LogP contribution in [0.15, 0.2) is 45.8 Å². The summed E-state index contributed by atoms with van der Waals surface area (Å²) in [6.07, 6.45) is 3.19. The zero-order chi connectivity index (χ0) is 22.0. The number of hydrogen-bond acceptors (Lipinski definition) is 4. The molecule has 2 N–H and O–H groups in total. The molecule has 31 heavy (non-hydrogen) atoms. The molecule has 0 spiro atoms. The van der Waals surface area contributed by atoms with Crippen LogP contribution in [0.3, 0.4) is 0 Å². The van der Waals surface area contributed by atoms with Gasteiger partial charge in [-0.3, -0.25) is 9.59 Å². The predicted molar refractivity (Wildman–Crippen MR) is 116 cm³/mol. The number of piperidine rings is 1. The molecule has 2 unspecified atom stereocenters. The molecule has 8 heteroatoms. The molecule has 0 radical (unpaired) electrons. The molecule has 3 amide bonds. The molecule has 166 valence electrons. The van der Waals surface area contributed by atoms with Crippen LogP contribution in [0.25, 0.3) is 0 Å². The molecule has 1 fully saturated rings. The summed E-state index contributed by atoms with van der Waals surface area (Å²) in [4.78, 5) is 39.7. The van der Waals surface area contributed by atoms with Gasteiger partial charge in [0, 0.05) is 50.3 Å². The molecule has 1 saturated heterocycles. The molecule has 0 aromatic carbocycles. The molecule has 2 bridgehead atoms. The lowest BCUT2D eigenvalue weighted by atomic mass is 9.83. The number of hydrogen-bond donors (Lipinski definition) is 2. The minimum absolute atomic E-state index is 0.0243. The fourth-order valence-electron chi connectivity index (χ4n) is 4.70. The van der Waals surface area contributed by atoms with E-state index in [1.807, 2.05) is 36.6 Å². The average Bonchev–Trinajstić information content (AvgIpc) is 3.25. The summed E-state index contributed by atoms with van der Waals surface area (Å²) in [6, 6.07) is 8.21. The van der Waals surface area contributed by atoms with Crippen molar-refractivity contribution in [2.45, 2.75) is 45.2 Å².